The summed E-state index contributed by atoms with van der Waals surface area (Å²) in [5.41, 5.74) is 3.54. The zero-order chi connectivity index (χ0) is 18.6. The highest BCUT2D eigenvalue weighted by Gasteiger charge is 2.22. The lowest BCUT2D eigenvalue weighted by Gasteiger charge is -2.21. The molecule has 0 radical (unpaired) electrons. The zero-order valence-corrected chi connectivity index (χ0v) is 15.4. The summed E-state index contributed by atoms with van der Waals surface area (Å²) in [4.78, 5) is 17.2. The van der Waals surface area contributed by atoms with Gasteiger partial charge in [0.25, 0.3) is 5.89 Å². The zero-order valence-electron chi connectivity index (χ0n) is 15.4. The Hall–Kier alpha value is -2.95. The van der Waals surface area contributed by atoms with Crippen LogP contribution in [0.15, 0.2) is 53.1 Å². The maximum Gasteiger partial charge on any atom is 0.260 e. The number of hydrogen-bond acceptors (Lipinski definition) is 4. The molecular weight excluding hydrogens is 338 g/mol. The molecule has 1 fully saturated rings. The van der Waals surface area contributed by atoms with Crippen LogP contribution < -0.4 is 5.32 Å². The molecule has 1 saturated carbocycles. The number of carbonyl (C=O) groups is 1. The van der Waals surface area contributed by atoms with Gasteiger partial charge in [0.2, 0.25) is 11.7 Å². The number of aromatic nitrogens is 2. The van der Waals surface area contributed by atoms with E-state index in [1.54, 1.807) is 0 Å². The maximum atomic E-state index is 12.6. The van der Waals surface area contributed by atoms with Crippen LogP contribution >= 0.6 is 0 Å². The molecule has 0 spiro atoms. The summed E-state index contributed by atoms with van der Waals surface area (Å²) in [6.07, 6.45) is 5.41. The number of nitrogens with zero attached hydrogens (tertiary/aromatic N) is 2. The van der Waals surface area contributed by atoms with Gasteiger partial charge in [0.15, 0.2) is 0 Å². The number of rotatable bonds is 4. The quantitative estimate of drug-likeness (QED) is 0.691. The Morgan fingerprint density at radius 1 is 1.04 bits per heavy atom. The number of benzene rings is 2. The maximum absolute atomic E-state index is 12.6. The molecule has 0 atom stereocenters. The van der Waals surface area contributed by atoms with E-state index in [2.05, 4.69) is 15.5 Å². The van der Waals surface area contributed by atoms with Gasteiger partial charge in [-0.3, -0.25) is 4.79 Å². The number of para-hydroxylation sites is 1. The second-order valence-corrected chi connectivity index (χ2v) is 7.16. The third kappa shape index (κ3) is 3.92. The lowest BCUT2D eigenvalue weighted by atomic mass is 9.88. The van der Waals surface area contributed by atoms with Gasteiger partial charge in [0.05, 0.1) is 11.3 Å². The molecule has 0 unspecified atom stereocenters. The average Bonchev–Trinajstić information content (AvgIpc) is 3.19. The lowest BCUT2D eigenvalue weighted by molar-refractivity contribution is -0.120. The summed E-state index contributed by atoms with van der Waals surface area (Å²) in [5.74, 6) is 1.13. The standard InChI is InChI=1S/C22H23N3O2/c1-15-11-13-16(14-12-15)20-24-22(27-25-20)18-9-5-6-10-19(18)23-21(26)17-7-3-2-4-8-17/h5-6,9-14,17H,2-4,7-8H2,1H3,(H,23,26). The number of carbonyl (C=O) groups excluding carboxylic acids is 1. The van der Waals surface area contributed by atoms with E-state index in [1.807, 2.05) is 55.5 Å². The fourth-order valence-corrected chi connectivity index (χ4v) is 3.53. The van der Waals surface area contributed by atoms with Gasteiger partial charge in [0.1, 0.15) is 0 Å². The molecular formula is C22H23N3O2. The first-order chi connectivity index (χ1) is 13.2. The molecule has 0 bridgehead atoms. The molecule has 1 aliphatic carbocycles. The highest BCUT2D eigenvalue weighted by molar-refractivity contribution is 5.96. The molecule has 4 rings (SSSR count). The molecule has 1 amide bonds. The average molecular weight is 361 g/mol. The molecule has 3 aromatic rings. The van der Waals surface area contributed by atoms with Gasteiger partial charge in [0, 0.05) is 11.5 Å². The summed E-state index contributed by atoms with van der Waals surface area (Å²) >= 11 is 0. The minimum absolute atomic E-state index is 0.0837. The number of hydrogen-bond donors (Lipinski definition) is 1. The summed E-state index contributed by atoms with van der Waals surface area (Å²) in [5, 5.41) is 7.17. The first-order valence-corrected chi connectivity index (χ1v) is 9.52. The third-order valence-corrected chi connectivity index (χ3v) is 5.13. The van der Waals surface area contributed by atoms with Crippen molar-refractivity contribution < 1.29 is 9.32 Å². The highest BCUT2D eigenvalue weighted by Crippen LogP contribution is 2.30. The van der Waals surface area contributed by atoms with E-state index in [1.165, 1.54) is 12.0 Å². The molecule has 0 saturated heterocycles. The Kier molecular flexibility index (Phi) is 5.01. The van der Waals surface area contributed by atoms with Crippen LogP contribution in [0.1, 0.15) is 37.7 Å². The number of anilines is 1. The summed E-state index contributed by atoms with van der Waals surface area (Å²) in [7, 11) is 0. The van der Waals surface area contributed by atoms with Gasteiger partial charge in [-0.2, -0.15) is 4.98 Å². The summed E-state index contributed by atoms with van der Waals surface area (Å²) < 4.78 is 5.49. The topological polar surface area (TPSA) is 68.0 Å². The van der Waals surface area contributed by atoms with Gasteiger partial charge in [-0.15, -0.1) is 0 Å². The van der Waals surface area contributed by atoms with Crippen molar-refractivity contribution in [1.29, 1.82) is 0 Å². The van der Waals surface area contributed by atoms with Crippen molar-refractivity contribution in [3.8, 4) is 22.8 Å². The first kappa shape index (κ1) is 17.5. The molecule has 1 heterocycles. The summed E-state index contributed by atoms with van der Waals surface area (Å²) in [6, 6.07) is 15.6. The van der Waals surface area contributed by atoms with Crippen molar-refractivity contribution in [2.45, 2.75) is 39.0 Å². The van der Waals surface area contributed by atoms with Crippen LogP contribution in [-0.4, -0.2) is 16.0 Å². The van der Waals surface area contributed by atoms with Crippen molar-refractivity contribution in [2.75, 3.05) is 5.32 Å². The fourth-order valence-electron chi connectivity index (χ4n) is 3.53. The van der Waals surface area contributed by atoms with E-state index in [-0.39, 0.29) is 11.8 Å². The largest absolute Gasteiger partial charge is 0.334 e. The van der Waals surface area contributed by atoms with E-state index in [4.69, 9.17) is 4.52 Å². The SMILES string of the molecule is Cc1ccc(-c2noc(-c3ccccc3NC(=O)C3CCCCC3)n2)cc1. The fraction of sp³-hybridized carbons (Fsp3) is 0.318. The van der Waals surface area contributed by atoms with E-state index in [0.717, 1.165) is 36.8 Å². The van der Waals surface area contributed by atoms with Crippen LogP contribution in [0.4, 0.5) is 5.69 Å². The molecule has 1 aromatic heterocycles. The predicted molar refractivity (Wildman–Crippen MR) is 105 cm³/mol. The molecule has 27 heavy (non-hydrogen) atoms. The first-order valence-electron chi connectivity index (χ1n) is 9.52. The molecule has 5 heteroatoms. The molecule has 1 N–H and O–H groups in total. The predicted octanol–water partition coefficient (Wildman–Crippen LogP) is 5.23. The van der Waals surface area contributed by atoms with Crippen molar-refractivity contribution >= 4 is 11.6 Å². The van der Waals surface area contributed by atoms with Crippen LogP contribution in [0.25, 0.3) is 22.8 Å². The van der Waals surface area contributed by atoms with Gasteiger partial charge >= 0.3 is 0 Å². The minimum atomic E-state index is 0.0837. The minimum Gasteiger partial charge on any atom is -0.334 e. The monoisotopic (exact) mass is 361 g/mol. The van der Waals surface area contributed by atoms with Crippen molar-refractivity contribution in [3.63, 3.8) is 0 Å². The Morgan fingerprint density at radius 3 is 2.56 bits per heavy atom. The van der Waals surface area contributed by atoms with E-state index >= 15 is 0 Å². The third-order valence-electron chi connectivity index (χ3n) is 5.13. The van der Waals surface area contributed by atoms with E-state index < -0.39 is 0 Å². The van der Waals surface area contributed by atoms with Crippen LogP contribution in [-0.2, 0) is 4.79 Å². The second-order valence-electron chi connectivity index (χ2n) is 7.16. The summed E-state index contributed by atoms with van der Waals surface area (Å²) in [6.45, 7) is 2.04. The molecule has 2 aromatic carbocycles. The number of amides is 1. The van der Waals surface area contributed by atoms with Crippen molar-refractivity contribution in [2.24, 2.45) is 5.92 Å². The molecule has 138 valence electrons. The normalized spacial score (nSPS) is 14.9. The Balaban J connectivity index is 1.57. The van der Waals surface area contributed by atoms with Crippen LogP contribution in [0.2, 0.25) is 0 Å². The highest BCUT2D eigenvalue weighted by atomic mass is 16.5. The smallest absolute Gasteiger partial charge is 0.260 e. The molecule has 5 nitrogen and oxygen atoms in total. The van der Waals surface area contributed by atoms with Crippen LogP contribution in [0.5, 0.6) is 0 Å². The van der Waals surface area contributed by atoms with E-state index in [0.29, 0.717) is 17.4 Å². The molecule has 1 aliphatic rings. The van der Waals surface area contributed by atoms with Crippen LogP contribution in [0, 0.1) is 12.8 Å². The second kappa shape index (κ2) is 7.74. The van der Waals surface area contributed by atoms with Gasteiger partial charge in [-0.25, -0.2) is 0 Å². The van der Waals surface area contributed by atoms with Crippen molar-refractivity contribution in [3.05, 3.63) is 54.1 Å². The van der Waals surface area contributed by atoms with Crippen LogP contribution in [0.3, 0.4) is 0 Å². The number of nitrogens with one attached hydrogen (secondary N) is 1. The molecule has 0 aliphatic heterocycles. The van der Waals surface area contributed by atoms with Crippen molar-refractivity contribution in [1.82, 2.24) is 10.1 Å². The lowest BCUT2D eigenvalue weighted by Crippen LogP contribution is -2.24. The Labute approximate surface area is 158 Å². The van der Waals surface area contributed by atoms with Gasteiger partial charge < -0.3 is 9.84 Å². The van der Waals surface area contributed by atoms with Gasteiger partial charge in [-0.05, 0) is 31.9 Å². The van der Waals surface area contributed by atoms with E-state index in [9.17, 15) is 4.79 Å². The Bertz CT molecular complexity index is 925. The van der Waals surface area contributed by atoms with Gasteiger partial charge in [-0.1, -0.05) is 66.4 Å². The Morgan fingerprint density at radius 2 is 1.78 bits per heavy atom. The number of aryl methyl sites for hydroxylation is 1.